The third kappa shape index (κ3) is 2.92. The molecule has 3 N–H and O–H groups in total. The van der Waals surface area contributed by atoms with Crippen LogP contribution in [0.2, 0.25) is 0 Å². The van der Waals surface area contributed by atoms with Gasteiger partial charge in [0.15, 0.2) is 0 Å². The van der Waals surface area contributed by atoms with E-state index in [-0.39, 0.29) is 17.2 Å². The average molecular weight is 331 g/mol. The van der Waals surface area contributed by atoms with E-state index < -0.39 is 0 Å². The van der Waals surface area contributed by atoms with E-state index in [1.54, 1.807) is 18.2 Å². The lowest BCUT2D eigenvalue weighted by molar-refractivity contribution is 0.0949. The van der Waals surface area contributed by atoms with Gasteiger partial charge in [-0.3, -0.25) is 9.59 Å². The zero-order valence-corrected chi connectivity index (χ0v) is 13.5. The molecular weight excluding hydrogens is 314 g/mol. The van der Waals surface area contributed by atoms with Gasteiger partial charge in [-0.2, -0.15) is 0 Å². The summed E-state index contributed by atoms with van der Waals surface area (Å²) >= 11 is 0. The molecule has 4 rings (SSSR count). The molecule has 25 heavy (non-hydrogen) atoms. The number of H-pyrrole nitrogens is 2. The van der Waals surface area contributed by atoms with Gasteiger partial charge in [0.25, 0.3) is 11.5 Å². The van der Waals surface area contributed by atoms with Crippen LogP contribution in [-0.2, 0) is 6.42 Å². The predicted molar refractivity (Wildman–Crippen MR) is 98.9 cm³/mol. The first-order valence-corrected chi connectivity index (χ1v) is 8.17. The molecule has 5 heteroatoms. The van der Waals surface area contributed by atoms with Crippen molar-refractivity contribution in [3.05, 3.63) is 82.4 Å². The number of fused-ring (bicyclic) bond motifs is 2. The molecule has 0 aliphatic rings. The molecule has 1 amide bonds. The lowest BCUT2D eigenvalue weighted by Gasteiger charge is -2.06. The number of aromatic nitrogens is 2. The Morgan fingerprint density at radius 1 is 1.00 bits per heavy atom. The van der Waals surface area contributed by atoms with Crippen LogP contribution in [0.3, 0.4) is 0 Å². The second kappa shape index (κ2) is 6.28. The minimum absolute atomic E-state index is 0.250. The molecule has 0 aliphatic heterocycles. The number of nitrogens with one attached hydrogen (secondary N) is 3. The fourth-order valence-corrected chi connectivity index (χ4v) is 3.08. The van der Waals surface area contributed by atoms with Crippen molar-refractivity contribution in [3.63, 3.8) is 0 Å². The first-order valence-electron chi connectivity index (χ1n) is 8.17. The maximum atomic E-state index is 12.3. The van der Waals surface area contributed by atoms with E-state index in [9.17, 15) is 9.59 Å². The second-order valence-corrected chi connectivity index (χ2v) is 5.96. The van der Waals surface area contributed by atoms with Crippen molar-refractivity contribution >= 4 is 27.6 Å². The lowest BCUT2D eigenvalue weighted by atomic mass is 10.1. The Hall–Kier alpha value is -3.34. The normalized spacial score (nSPS) is 11.0. The van der Waals surface area contributed by atoms with Crippen molar-refractivity contribution in [1.29, 1.82) is 0 Å². The molecule has 0 fully saturated rings. The molecule has 0 saturated carbocycles. The van der Waals surface area contributed by atoms with Crippen molar-refractivity contribution in [2.75, 3.05) is 6.54 Å². The summed E-state index contributed by atoms with van der Waals surface area (Å²) in [5, 5.41) is 5.37. The molecule has 0 bridgehead atoms. The summed E-state index contributed by atoms with van der Waals surface area (Å²) in [5.41, 5.74) is 2.27. The Kier molecular flexibility index (Phi) is 3.82. The summed E-state index contributed by atoms with van der Waals surface area (Å²) in [4.78, 5) is 30.3. The monoisotopic (exact) mass is 331 g/mol. The molecule has 0 aliphatic carbocycles. The van der Waals surface area contributed by atoms with E-state index in [0.717, 1.165) is 21.9 Å². The molecule has 4 aromatic rings. The molecule has 0 spiro atoms. The standard InChI is InChI=1S/C20H17N3O2/c24-19-16-7-2-1-5-13(16)11-18(23-19)20(25)21-10-9-14-12-22-17-8-4-3-6-15(14)17/h1-8,11-12,22H,9-10H2,(H,21,25)(H,23,24). The highest BCUT2D eigenvalue weighted by molar-refractivity contribution is 5.96. The highest BCUT2D eigenvalue weighted by Crippen LogP contribution is 2.17. The number of amides is 1. The first-order chi connectivity index (χ1) is 12.2. The van der Waals surface area contributed by atoms with Gasteiger partial charge in [0.05, 0.1) is 0 Å². The van der Waals surface area contributed by atoms with Crippen molar-refractivity contribution in [3.8, 4) is 0 Å². The van der Waals surface area contributed by atoms with E-state index in [1.807, 2.05) is 36.5 Å². The highest BCUT2D eigenvalue weighted by atomic mass is 16.2. The number of pyridine rings is 1. The van der Waals surface area contributed by atoms with Gasteiger partial charge in [-0.1, -0.05) is 36.4 Å². The Labute approximate surface area is 143 Å². The van der Waals surface area contributed by atoms with Crippen LogP contribution < -0.4 is 10.9 Å². The van der Waals surface area contributed by atoms with Crippen LogP contribution in [-0.4, -0.2) is 22.4 Å². The van der Waals surface area contributed by atoms with Crippen LogP contribution in [0.5, 0.6) is 0 Å². The van der Waals surface area contributed by atoms with Gasteiger partial charge < -0.3 is 15.3 Å². The maximum Gasteiger partial charge on any atom is 0.267 e. The number of rotatable bonds is 4. The molecule has 0 atom stereocenters. The lowest BCUT2D eigenvalue weighted by Crippen LogP contribution is -2.28. The average Bonchev–Trinajstić information content (AvgIpc) is 3.05. The van der Waals surface area contributed by atoms with Gasteiger partial charge in [0.1, 0.15) is 5.69 Å². The van der Waals surface area contributed by atoms with E-state index in [1.165, 1.54) is 0 Å². The van der Waals surface area contributed by atoms with Gasteiger partial charge in [-0.15, -0.1) is 0 Å². The summed E-state index contributed by atoms with van der Waals surface area (Å²) < 4.78 is 0. The van der Waals surface area contributed by atoms with E-state index in [2.05, 4.69) is 21.4 Å². The SMILES string of the molecule is O=C(NCCc1c[nH]c2ccccc12)c1cc2ccccc2c(=O)[nH]1. The zero-order chi connectivity index (χ0) is 17.2. The largest absolute Gasteiger partial charge is 0.361 e. The Balaban J connectivity index is 1.48. The minimum atomic E-state index is -0.275. The summed E-state index contributed by atoms with van der Waals surface area (Å²) in [7, 11) is 0. The number of benzene rings is 2. The van der Waals surface area contributed by atoms with E-state index in [0.29, 0.717) is 18.4 Å². The molecule has 2 aromatic carbocycles. The van der Waals surface area contributed by atoms with Crippen LogP contribution in [0.25, 0.3) is 21.7 Å². The minimum Gasteiger partial charge on any atom is -0.361 e. The van der Waals surface area contributed by atoms with Crippen LogP contribution >= 0.6 is 0 Å². The Bertz CT molecular complexity index is 1120. The summed E-state index contributed by atoms with van der Waals surface area (Å²) in [6.45, 7) is 0.496. The Morgan fingerprint density at radius 2 is 1.76 bits per heavy atom. The number of hydrogen-bond donors (Lipinski definition) is 3. The maximum absolute atomic E-state index is 12.3. The molecule has 0 saturated heterocycles. The predicted octanol–water partition coefficient (Wildman–Crippen LogP) is 2.98. The number of carbonyl (C=O) groups is 1. The number of para-hydroxylation sites is 1. The van der Waals surface area contributed by atoms with Gasteiger partial charge in [0.2, 0.25) is 0 Å². The Morgan fingerprint density at radius 3 is 2.64 bits per heavy atom. The highest BCUT2D eigenvalue weighted by Gasteiger charge is 2.09. The zero-order valence-electron chi connectivity index (χ0n) is 13.5. The smallest absolute Gasteiger partial charge is 0.267 e. The van der Waals surface area contributed by atoms with Gasteiger partial charge >= 0.3 is 0 Å². The molecule has 124 valence electrons. The van der Waals surface area contributed by atoms with Crippen molar-refractivity contribution < 1.29 is 4.79 Å². The van der Waals surface area contributed by atoms with E-state index in [4.69, 9.17) is 0 Å². The number of aromatic amines is 2. The topological polar surface area (TPSA) is 77.8 Å². The molecule has 0 unspecified atom stereocenters. The molecule has 2 heterocycles. The van der Waals surface area contributed by atoms with Crippen LogP contribution in [0, 0.1) is 0 Å². The molecule has 2 aromatic heterocycles. The first kappa shape index (κ1) is 15.2. The van der Waals surface area contributed by atoms with Gasteiger partial charge in [0, 0.05) is 29.0 Å². The number of carbonyl (C=O) groups excluding carboxylic acids is 1. The van der Waals surface area contributed by atoms with Crippen molar-refractivity contribution in [2.45, 2.75) is 6.42 Å². The summed E-state index contributed by atoms with van der Waals surface area (Å²) in [6, 6.07) is 17.0. The fraction of sp³-hybridized carbons (Fsp3) is 0.100. The van der Waals surface area contributed by atoms with Crippen molar-refractivity contribution in [2.24, 2.45) is 0 Å². The quantitative estimate of drug-likeness (QED) is 0.537. The van der Waals surface area contributed by atoms with Gasteiger partial charge in [-0.25, -0.2) is 0 Å². The van der Waals surface area contributed by atoms with E-state index >= 15 is 0 Å². The van der Waals surface area contributed by atoms with Crippen LogP contribution in [0.1, 0.15) is 16.1 Å². The molecule has 5 nitrogen and oxygen atoms in total. The third-order valence-electron chi connectivity index (χ3n) is 4.35. The fourth-order valence-electron chi connectivity index (χ4n) is 3.08. The van der Waals surface area contributed by atoms with Gasteiger partial charge in [-0.05, 0) is 35.6 Å². The molecule has 0 radical (unpaired) electrons. The number of hydrogen-bond acceptors (Lipinski definition) is 2. The third-order valence-corrected chi connectivity index (χ3v) is 4.35. The summed E-state index contributed by atoms with van der Waals surface area (Å²) in [6.07, 6.45) is 2.68. The molecular formula is C20H17N3O2. The summed E-state index contributed by atoms with van der Waals surface area (Å²) in [5.74, 6) is -0.275. The van der Waals surface area contributed by atoms with Crippen LogP contribution in [0.15, 0.2) is 65.6 Å². The van der Waals surface area contributed by atoms with Crippen molar-refractivity contribution in [1.82, 2.24) is 15.3 Å². The second-order valence-electron chi connectivity index (χ2n) is 5.96. The van der Waals surface area contributed by atoms with Crippen LogP contribution in [0.4, 0.5) is 0 Å².